The van der Waals surface area contributed by atoms with Crippen LogP contribution in [0.1, 0.15) is 0 Å². The Kier molecular flexibility index (Phi) is 1.45. The van der Waals surface area contributed by atoms with Crippen molar-refractivity contribution < 1.29 is 5.11 Å². The maximum absolute atomic E-state index is 9.48. The first-order valence-electron chi connectivity index (χ1n) is 3.76. The number of aromatic hydroxyl groups is 1. The third-order valence-electron chi connectivity index (χ3n) is 1.90. The van der Waals surface area contributed by atoms with Crippen LogP contribution in [0.4, 0.5) is 17.5 Å². The molecule has 0 saturated heterocycles. The van der Waals surface area contributed by atoms with Crippen molar-refractivity contribution in [1.29, 1.82) is 0 Å². The fraction of sp³-hybridized carbons (Fsp3) is 0.286. The fourth-order valence-electron chi connectivity index (χ4n) is 1.38. The van der Waals surface area contributed by atoms with Crippen molar-refractivity contribution in [3.05, 3.63) is 6.67 Å². The molecule has 1 aliphatic heterocycles. The van der Waals surface area contributed by atoms with Crippen LogP contribution in [0, 0.1) is 6.67 Å². The van der Waals surface area contributed by atoms with Gasteiger partial charge in [-0.15, -0.1) is 0 Å². The lowest BCUT2D eigenvalue weighted by atomic mass is 10.4. The molecule has 2 rings (SSSR count). The van der Waals surface area contributed by atoms with Crippen molar-refractivity contribution in [3.8, 4) is 5.88 Å². The van der Waals surface area contributed by atoms with Crippen LogP contribution < -0.4 is 20.5 Å². The maximum atomic E-state index is 9.48. The van der Waals surface area contributed by atoms with Crippen molar-refractivity contribution >= 4 is 17.5 Å². The topological polar surface area (TPSA) is 79.7 Å². The minimum Gasteiger partial charge on any atom is -0.490 e. The molecule has 0 radical (unpaired) electrons. The third-order valence-corrected chi connectivity index (χ3v) is 1.90. The molecule has 6 nitrogen and oxygen atoms in total. The van der Waals surface area contributed by atoms with E-state index in [0.29, 0.717) is 11.5 Å². The highest BCUT2D eigenvalue weighted by Gasteiger charge is 2.22. The lowest BCUT2D eigenvalue weighted by Gasteiger charge is -2.25. The Morgan fingerprint density at radius 1 is 1.62 bits per heavy atom. The van der Waals surface area contributed by atoms with E-state index in [-0.39, 0.29) is 11.8 Å². The first kappa shape index (κ1) is 7.90. The number of anilines is 3. The average molecular weight is 180 g/mol. The summed E-state index contributed by atoms with van der Waals surface area (Å²) in [5, 5.41) is 9.48. The van der Waals surface area contributed by atoms with E-state index in [1.54, 1.807) is 16.5 Å². The molecule has 0 atom stereocenters. The smallest absolute Gasteiger partial charge is 0.293 e. The quantitative estimate of drug-likeness (QED) is 0.529. The molecule has 0 aliphatic carbocycles. The lowest BCUT2D eigenvalue weighted by Crippen LogP contribution is -2.17. The molecule has 0 amide bonds. The van der Waals surface area contributed by atoms with Crippen molar-refractivity contribution in [2.24, 2.45) is 0 Å². The van der Waals surface area contributed by atoms with Crippen LogP contribution >= 0.6 is 0 Å². The number of nitrogen functional groups attached to an aromatic ring is 1. The van der Waals surface area contributed by atoms with Gasteiger partial charge in [-0.05, 0) is 14.1 Å². The number of hydrogen-bond acceptors (Lipinski definition) is 5. The molecule has 0 unspecified atom stereocenters. The molecule has 1 aliphatic rings. The predicted molar refractivity (Wildman–Crippen MR) is 49.1 cm³/mol. The maximum Gasteiger partial charge on any atom is 0.293 e. The minimum atomic E-state index is -0.0920. The van der Waals surface area contributed by atoms with E-state index < -0.39 is 0 Å². The van der Waals surface area contributed by atoms with Crippen LogP contribution in [0.3, 0.4) is 0 Å². The van der Waals surface area contributed by atoms with Gasteiger partial charge < -0.3 is 20.6 Å². The van der Waals surface area contributed by atoms with Crippen LogP contribution in [-0.2, 0) is 0 Å². The first-order valence-corrected chi connectivity index (χ1v) is 3.76. The molecular weight excluding hydrogens is 170 g/mol. The number of nitrogens with zero attached hydrogens (tertiary/aromatic N) is 4. The Bertz CT molecular complexity index is 353. The van der Waals surface area contributed by atoms with Crippen LogP contribution in [-0.4, -0.2) is 24.2 Å². The zero-order chi connectivity index (χ0) is 9.59. The van der Waals surface area contributed by atoms with Gasteiger partial charge in [0.2, 0.25) is 0 Å². The SMILES string of the molecule is CN1[CH-]N(C)[c+]2[n-]c(N)nc(O)c21. The number of aromatic nitrogens is 2. The van der Waals surface area contributed by atoms with E-state index in [9.17, 15) is 5.11 Å². The number of fused-ring (bicyclic) bond motifs is 1. The molecule has 0 spiro atoms. The number of rotatable bonds is 0. The normalized spacial score (nSPS) is 14.9. The van der Waals surface area contributed by atoms with Crippen LogP contribution in [0.25, 0.3) is 0 Å². The van der Waals surface area contributed by atoms with Gasteiger partial charge in [0, 0.05) is 0 Å². The Balaban J connectivity index is 2.63. The monoisotopic (exact) mass is 180 g/mol. The standard InChI is InChI=1S/C7H10N5O/c1-11-3-12(2)5-4(11)6(13)10-7(8)9-5/h3H,1-2H3,(H3-,8,9,10,13)/q-1. The first-order chi connectivity index (χ1) is 6.09. The summed E-state index contributed by atoms with van der Waals surface area (Å²) in [5.74, 6) is 0.602. The summed E-state index contributed by atoms with van der Waals surface area (Å²) in [6, 6.07) is 0. The fourth-order valence-corrected chi connectivity index (χ4v) is 1.38. The lowest BCUT2D eigenvalue weighted by molar-refractivity contribution is 0.455. The van der Waals surface area contributed by atoms with Gasteiger partial charge in [-0.25, -0.2) is 0 Å². The van der Waals surface area contributed by atoms with Crippen LogP contribution in [0.2, 0.25) is 0 Å². The predicted octanol–water partition coefficient (Wildman–Crippen LogP) is -0.387. The molecule has 1 aromatic rings. The van der Waals surface area contributed by atoms with Crippen molar-refractivity contribution in [3.63, 3.8) is 0 Å². The van der Waals surface area contributed by atoms with Crippen molar-refractivity contribution in [1.82, 2.24) is 9.97 Å². The molecule has 2 heterocycles. The molecule has 3 N–H and O–H groups in total. The summed E-state index contributed by atoms with van der Waals surface area (Å²) < 4.78 is 0. The minimum absolute atomic E-state index is 0.0757. The van der Waals surface area contributed by atoms with E-state index >= 15 is 0 Å². The van der Waals surface area contributed by atoms with Crippen molar-refractivity contribution in [2.45, 2.75) is 0 Å². The van der Waals surface area contributed by atoms with E-state index in [4.69, 9.17) is 5.73 Å². The zero-order valence-electron chi connectivity index (χ0n) is 7.39. The van der Waals surface area contributed by atoms with Gasteiger partial charge in [0.1, 0.15) is 5.82 Å². The van der Waals surface area contributed by atoms with E-state index in [1.165, 1.54) is 0 Å². The summed E-state index contributed by atoms with van der Waals surface area (Å²) in [6.45, 7) is 1.79. The summed E-state index contributed by atoms with van der Waals surface area (Å²) in [7, 11) is 3.63. The molecule has 13 heavy (non-hydrogen) atoms. The largest absolute Gasteiger partial charge is 0.490 e. The van der Waals surface area contributed by atoms with Gasteiger partial charge in [0.25, 0.3) is 5.88 Å². The summed E-state index contributed by atoms with van der Waals surface area (Å²) in [4.78, 5) is 11.2. The summed E-state index contributed by atoms with van der Waals surface area (Å²) in [6.07, 6.45) is 0. The Morgan fingerprint density at radius 2 is 2.31 bits per heavy atom. The van der Waals surface area contributed by atoms with Gasteiger partial charge >= 0.3 is 0 Å². The Hall–Kier alpha value is -1.72. The van der Waals surface area contributed by atoms with Gasteiger partial charge in [0.15, 0.2) is 11.6 Å². The van der Waals surface area contributed by atoms with E-state index in [0.717, 1.165) is 0 Å². The van der Waals surface area contributed by atoms with E-state index in [2.05, 4.69) is 9.97 Å². The van der Waals surface area contributed by atoms with Gasteiger partial charge in [0.05, 0.1) is 0 Å². The molecule has 0 aromatic carbocycles. The molecule has 1 aromatic heterocycles. The highest BCUT2D eigenvalue weighted by atomic mass is 16.3. The number of nitrogens with two attached hydrogens (primary N) is 1. The van der Waals surface area contributed by atoms with Crippen LogP contribution in [0.15, 0.2) is 0 Å². The Labute approximate surface area is 75.6 Å². The molecular formula is C7H10N5O-. The van der Waals surface area contributed by atoms with Gasteiger partial charge in [-0.3, -0.25) is 0 Å². The second-order valence-corrected chi connectivity index (χ2v) is 2.91. The third kappa shape index (κ3) is 1.02. The summed E-state index contributed by atoms with van der Waals surface area (Å²) in [5.41, 5.74) is 5.98. The van der Waals surface area contributed by atoms with E-state index in [1.807, 2.05) is 14.1 Å². The van der Waals surface area contributed by atoms with Crippen molar-refractivity contribution in [2.75, 3.05) is 29.6 Å². The highest BCUT2D eigenvalue weighted by Crippen LogP contribution is 2.39. The molecule has 0 fully saturated rings. The second kappa shape index (κ2) is 2.38. The second-order valence-electron chi connectivity index (χ2n) is 2.91. The molecule has 0 saturated carbocycles. The Morgan fingerprint density at radius 3 is 3.00 bits per heavy atom. The van der Waals surface area contributed by atoms with Crippen LogP contribution in [0.5, 0.6) is 5.88 Å². The summed E-state index contributed by atoms with van der Waals surface area (Å²) >= 11 is 0. The zero-order valence-corrected chi connectivity index (χ0v) is 7.39. The molecule has 0 bridgehead atoms. The molecule has 6 heteroatoms. The molecule has 70 valence electrons. The highest BCUT2D eigenvalue weighted by molar-refractivity contribution is 5.79. The van der Waals surface area contributed by atoms with Gasteiger partial charge in [-0.1, -0.05) is 0 Å². The van der Waals surface area contributed by atoms with Gasteiger partial charge in [-0.2, -0.15) is 16.6 Å². The average Bonchev–Trinajstić information content (AvgIpc) is 2.27. The number of hydrogen-bond donors (Lipinski definition) is 2.